The van der Waals surface area contributed by atoms with Gasteiger partial charge in [-0.25, -0.2) is 4.39 Å². The number of carbonyl (C=O) groups is 1. The smallest absolute Gasteiger partial charge is 0.256 e. The Balaban J connectivity index is 2.27. The number of halogens is 1. The molecule has 3 nitrogen and oxygen atoms in total. The summed E-state index contributed by atoms with van der Waals surface area (Å²) < 4.78 is 13.9. The highest BCUT2D eigenvalue weighted by atomic mass is 32.2. The summed E-state index contributed by atoms with van der Waals surface area (Å²) in [5.74, 6) is 0.460. The van der Waals surface area contributed by atoms with Gasteiger partial charge in [-0.2, -0.15) is 11.8 Å². The van der Waals surface area contributed by atoms with E-state index in [1.165, 1.54) is 6.07 Å². The zero-order chi connectivity index (χ0) is 14.8. The Bertz CT molecular complexity index is 505. The average molecular weight is 296 g/mol. The highest BCUT2D eigenvalue weighted by Crippen LogP contribution is 2.31. The molecule has 0 atom stereocenters. The summed E-state index contributed by atoms with van der Waals surface area (Å²) in [4.78, 5) is 14.5. The molecule has 1 heterocycles. The molecule has 1 fully saturated rings. The van der Waals surface area contributed by atoms with Gasteiger partial charge in [0.1, 0.15) is 5.82 Å². The average Bonchev–Trinajstić information content (AvgIpc) is 2.39. The van der Waals surface area contributed by atoms with E-state index >= 15 is 0 Å². The predicted octanol–water partition coefficient (Wildman–Crippen LogP) is 3.23. The van der Waals surface area contributed by atoms with E-state index in [1.54, 1.807) is 12.1 Å². The molecule has 0 aromatic heterocycles. The molecule has 5 heteroatoms. The molecule has 0 spiro atoms. The van der Waals surface area contributed by atoms with Gasteiger partial charge in [0.2, 0.25) is 0 Å². The van der Waals surface area contributed by atoms with Crippen LogP contribution >= 0.6 is 11.8 Å². The van der Waals surface area contributed by atoms with Crippen LogP contribution in [-0.4, -0.2) is 40.9 Å². The third-order valence-corrected chi connectivity index (χ3v) is 4.61. The number of amides is 1. The number of hydrogen-bond acceptors (Lipinski definition) is 3. The Labute approximate surface area is 123 Å². The first-order valence-electron chi connectivity index (χ1n) is 6.90. The Morgan fingerprint density at radius 3 is 2.90 bits per heavy atom. The number of thioether (sulfide) groups is 1. The highest BCUT2D eigenvalue weighted by Gasteiger charge is 2.31. The van der Waals surface area contributed by atoms with Crippen molar-refractivity contribution in [3.05, 3.63) is 29.6 Å². The van der Waals surface area contributed by atoms with Crippen molar-refractivity contribution in [2.45, 2.75) is 25.5 Å². The second-order valence-electron chi connectivity index (χ2n) is 5.53. The maximum absolute atomic E-state index is 13.9. The lowest BCUT2D eigenvalue weighted by atomic mass is 10.1. The minimum Gasteiger partial charge on any atom is -0.382 e. The topological polar surface area (TPSA) is 32.3 Å². The normalized spacial score (nSPS) is 17.9. The Hall–Kier alpha value is -1.23. The molecular weight excluding hydrogens is 275 g/mol. The third kappa shape index (κ3) is 3.26. The summed E-state index contributed by atoms with van der Waals surface area (Å²) in [7, 11) is 0. The van der Waals surface area contributed by atoms with Crippen LogP contribution in [0.2, 0.25) is 0 Å². The summed E-state index contributed by atoms with van der Waals surface area (Å²) in [6, 6.07) is 4.66. The molecule has 0 radical (unpaired) electrons. The molecule has 1 amide bonds. The lowest BCUT2D eigenvalue weighted by molar-refractivity contribution is 0.0748. The Kier molecular flexibility index (Phi) is 4.58. The van der Waals surface area contributed by atoms with Crippen LogP contribution in [0.5, 0.6) is 0 Å². The van der Waals surface area contributed by atoms with Crippen molar-refractivity contribution in [1.29, 1.82) is 0 Å². The van der Waals surface area contributed by atoms with E-state index in [2.05, 4.69) is 19.2 Å². The third-order valence-electron chi connectivity index (χ3n) is 3.31. The second-order valence-corrected chi connectivity index (χ2v) is 7.33. The first-order valence-corrected chi connectivity index (χ1v) is 7.89. The van der Waals surface area contributed by atoms with Crippen LogP contribution in [-0.2, 0) is 0 Å². The molecule has 1 saturated heterocycles. The van der Waals surface area contributed by atoms with Crippen molar-refractivity contribution >= 4 is 23.4 Å². The van der Waals surface area contributed by atoms with Crippen LogP contribution in [0.3, 0.4) is 0 Å². The zero-order valence-corrected chi connectivity index (χ0v) is 13.0. The molecule has 1 aliphatic heterocycles. The largest absolute Gasteiger partial charge is 0.382 e. The number of benzene rings is 1. The van der Waals surface area contributed by atoms with Crippen molar-refractivity contribution in [3.8, 4) is 0 Å². The van der Waals surface area contributed by atoms with Crippen LogP contribution in [0.25, 0.3) is 0 Å². The number of nitrogens with one attached hydrogen (secondary N) is 1. The van der Waals surface area contributed by atoms with E-state index < -0.39 is 0 Å². The number of hydrogen-bond donors (Lipinski definition) is 1. The standard InChI is InChI=1S/C15H21FN2OS/c1-4-17-13-11(6-5-7-12(13)16)14(19)18-8-9-20-15(2,3)10-18/h5-7,17H,4,8-10H2,1-3H3. The maximum Gasteiger partial charge on any atom is 0.256 e. The molecule has 0 aliphatic carbocycles. The maximum atomic E-state index is 13.9. The molecule has 0 saturated carbocycles. The summed E-state index contributed by atoms with van der Waals surface area (Å²) in [5.41, 5.74) is 0.741. The van der Waals surface area contributed by atoms with Crippen LogP contribution in [0.15, 0.2) is 18.2 Å². The second kappa shape index (κ2) is 6.04. The van der Waals surface area contributed by atoms with E-state index in [0.29, 0.717) is 24.3 Å². The van der Waals surface area contributed by atoms with Crippen LogP contribution in [0.1, 0.15) is 31.1 Å². The van der Waals surface area contributed by atoms with E-state index in [4.69, 9.17) is 0 Å². The number of anilines is 1. The van der Waals surface area contributed by atoms with E-state index in [-0.39, 0.29) is 16.5 Å². The van der Waals surface area contributed by atoms with Gasteiger partial charge in [-0.15, -0.1) is 0 Å². The first-order chi connectivity index (χ1) is 9.44. The van der Waals surface area contributed by atoms with Gasteiger partial charge in [-0.1, -0.05) is 6.07 Å². The van der Waals surface area contributed by atoms with Gasteiger partial charge in [0.05, 0.1) is 11.3 Å². The molecule has 1 N–H and O–H groups in total. The molecule has 0 unspecified atom stereocenters. The highest BCUT2D eigenvalue weighted by molar-refractivity contribution is 8.00. The van der Waals surface area contributed by atoms with Crippen molar-refractivity contribution in [2.24, 2.45) is 0 Å². The van der Waals surface area contributed by atoms with E-state index in [9.17, 15) is 9.18 Å². The van der Waals surface area contributed by atoms with Crippen molar-refractivity contribution < 1.29 is 9.18 Å². The minimum atomic E-state index is -0.372. The van der Waals surface area contributed by atoms with Crippen molar-refractivity contribution in [2.75, 3.05) is 30.7 Å². The number of carbonyl (C=O) groups excluding carboxylic acids is 1. The first kappa shape index (κ1) is 15.2. The molecule has 1 aromatic carbocycles. The zero-order valence-electron chi connectivity index (χ0n) is 12.2. The van der Waals surface area contributed by atoms with Gasteiger partial charge < -0.3 is 10.2 Å². The molecule has 20 heavy (non-hydrogen) atoms. The summed E-state index contributed by atoms with van der Waals surface area (Å²) >= 11 is 1.87. The van der Waals surface area contributed by atoms with Crippen molar-refractivity contribution in [3.63, 3.8) is 0 Å². The summed E-state index contributed by atoms with van der Waals surface area (Å²) in [6.07, 6.45) is 0. The van der Waals surface area contributed by atoms with Crippen LogP contribution in [0.4, 0.5) is 10.1 Å². The molecule has 2 rings (SSSR count). The van der Waals surface area contributed by atoms with Crippen LogP contribution in [0, 0.1) is 5.82 Å². The van der Waals surface area contributed by atoms with E-state index in [0.717, 1.165) is 12.3 Å². The summed E-state index contributed by atoms with van der Waals surface area (Å²) in [6.45, 7) is 8.15. The fraction of sp³-hybridized carbons (Fsp3) is 0.533. The predicted molar refractivity (Wildman–Crippen MR) is 83.0 cm³/mol. The van der Waals surface area contributed by atoms with Gasteiger partial charge in [-0.3, -0.25) is 4.79 Å². The lowest BCUT2D eigenvalue weighted by Gasteiger charge is -2.37. The minimum absolute atomic E-state index is 0.0551. The monoisotopic (exact) mass is 296 g/mol. The van der Waals surface area contributed by atoms with Gasteiger partial charge in [0.15, 0.2) is 0 Å². The van der Waals surface area contributed by atoms with Crippen LogP contribution < -0.4 is 5.32 Å². The number of nitrogens with zero attached hydrogens (tertiary/aromatic N) is 1. The molecule has 1 aliphatic rings. The van der Waals surface area contributed by atoms with Gasteiger partial charge in [0, 0.05) is 30.1 Å². The van der Waals surface area contributed by atoms with Crippen molar-refractivity contribution in [1.82, 2.24) is 4.90 Å². The Morgan fingerprint density at radius 1 is 1.50 bits per heavy atom. The SMILES string of the molecule is CCNc1c(F)cccc1C(=O)N1CCSC(C)(C)C1. The molecule has 0 bridgehead atoms. The number of rotatable bonds is 3. The lowest BCUT2D eigenvalue weighted by Crippen LogP contribution is -2.46. The van der Waals surface area contributed by atoms with E-state index in [1.807, 2.05) is 23.6 Å². The van der Waals surface area contributed by atoms with Gasteiger partial charge in [-0.05, 0) is 32.9 Å². The Morgan fingerprint density at radius 2 is 2.25 bits per heavy atom. The molecule has 1 aromatic rings. The fourth-order valence-corrected chi connectivity index (χ4v) is 3.53. The summed E-state index contributed by atoms with van der Waals surface area (Å²) in [5, 5.41) is 2.96. The number of para-hydroxylation sites is 1. The molecular formula is C15H21FN2OS. The quantitative estimate of drug-likeness (QED) is 0.929. The molecule has 110 valence electrons. The van der Waals surface area contributed by atoms with Gasteiger partial charge >= 0.3 is 0 Å². The fourth-order valence-electron chi connectivity index (χ4n) is 2.42. The van der Waals surface area contributed by atoms with Gasteiger partial charge in [0.25, 0.3) is 5.91 Å².